The van der Waals surface area contributed by atoms with Gasteiger partial charge in [0.15, 0.2) is 0 Å². The SMILES string of the molecule is CC/N=C1\C(=C(/C)Nc2ccc(OC(F)(F)F)cc2)C=C(C(=P)N2CCCC2COC)N1C. The van der Waals surface area contributed by atoms with Crippen LogP contribution in [0.15, 0.2) is 52.3 Å². The highest BCUT2D eigenvalue weighted by atomic mass is 31.0. The summed E-state index contributed by atoms with van der Waals surface area (Å²) in [6, 6.07) is 5.97. The highest BCUT2D eigenvalue weighted by Crippen LogP contribution is 2.30. The summed E-state index contributed by atoms with van der Waals surface area (Å²) in [6.07, 6.45) is -0.462. The highest BCUT2D eigenvalue weighted by Gasteiger charge is 2.34. The van der Waals surface area contributed by atoms with Crippen LogP contribution in [0.3, 0.4) is 0 Å². The molecule has 0 bridgehead atoms. The van der Waals surface area contributed by atoms with Crippen LogP contribution < -0.4 is 10.1 Å². The molecular formula is C23H30F3N4O2P. The first-order chi connectivity index (χ1) is 15.6. The number of rotatable bonds is 8. The highest BCUT2D eigenvalue weighted by molar-refractivity contribution is 7.21. The van der Waals surface area contributed by atoms with E-state index in [9.17, 15) is 13.2 Å². The fourth-order valence-electron chi connectivity index (χ4n) is 4.10. The summed E-state index contributed by atoms with van der Waals surface area (Å²) in [7, 11) is 7.57. The van der Waals surface area contributed by atoms with Gasteiger partial charge in [-0.3, -0.25) is 9.89 Å². The molecule has 1 fully saturated rings. The molecule has 2 aliphatic heterocycles. The average molecular weight is 482 g/mol. The molecule has 0 saturated carbocycles. The van der Waals surface area contributed by atoms with Crippen LogP contribution >= 0.6 is 8.86 Å². The van der Waals surface area contributed by atoms with E-state index in [1.54, 1.807) is 19.2 Å². The maximum atomic E-state index is 12.4. The molecule has 0 aromatic heterocycles. The minimum absolute atomic E-state index is 0.260. The Morgan fingerprint density at radius 1 is 1.27 bits per heavy atom. The Kier molecular flexibility index (Phi) is 8.21. The zero-order chi connectivity index (χ0) is 24.2. The fourth-order valence-corrected chi connectivity index (χ4v) is 4.64. The summed E-state index contributed by atoms with van der Waals surface area (Å²) in [5, 5.41) is 3.27. The normalized spacial score (nSPS) is 22.0. The lowest BCUT2D eigenvalue weighted by Crippen LogP contribution is -2.40. The predicted molar refractivity (Wildman–Crippen MR) is 128 cm³/mol. The third-order valence-corrected chi connectivity index (χ3v) is 6.14. The number of methoxy groups -OCH3 is 1. The summed E-state index contributed by atoms with van der Waals surface area (Å²) in [6.45, 7) is 6.13. The second-order valence-electron chi connectivity index (χ2n) is 7.92. The van der Waals surface area contributed by atoms with Gasteiger partial charge in [0.25, 0.3) is 0 Å². The molecule has 0 aliphatic carbocycles. The number of anilines is 1. The lowest BCUT2D eigenvalue weighted by atomic mass is 10.2. The second kappa shape index (κ2) is 10.7. The molecule has 2 heterocycles. The fraction of sp³-hybridized carbons (Fsp3) is 0.478. The zero-order valence-corrected chi connectivity index (χ0v) is 20.3. The molecule has 180 valence electrons. The molecule has 2 aliphatic rings. The van der Waals surface area contributed by atoms with Gasteiger partial charge in [-0.25, -0.2) is 0 Å². The monoisotopic (exact) mass is 482 g/mol. The first-order valence-corrected chi connectivity index (χ1v) is 11.3. The number of hydrogen-bond acceptors (Lipinski definition) is 4. The number of hydrogen-bond donors (Lipinski definition) is 1. The van der Waals surface area contributed by atoms with E-state index in [2.05, 4.69) is 39.8 Å². The molecule has 33 heavy (non-hydrogen) atoms. The van der Waals surface area contributed by atoms with Crippen LogP contribution in [-0.2, 0) is 4.74 Å². The van der Waals surface area contributed by atoms with Gasteiger partial charge in [-0.15, -0.1) is 13.2 Å². The molecular weight excluding hydrogens is 452 g/mol. The van der Waals surface area contributed by atoms with Crippen LogP contribution in [0, 0.1) is 0 Å². The van der Waals surface area contributed by atoms with Gasteiger partial charge >= 0.3 is 6.36 Å². The molecule has 1 N–H and O–H groups in total. The molecule has 10 heteroatoms. The third kappa shape index (κ3) is 6.16. The second-order valence-corrected chi connectivity index (χ2v) is 8.39. The zero-order valence-electron chi connectivity index (χ0n) is 19.3. The van der Waals surface area contributed by atoms with Crippen molar-refractivity contribution < 1.29 is 22.6 Å². The summed E-state index contributed by atoms with van der Waals surface area (Å²) in [5.74, 6) is 0.566. The topological polar surface area (TPSA) is 49.3 Å². The Balaban J connectivity index is 1.85. The van der Waals surface area contributed by atoms with Crippen molar-refractivity contribution in [1.29, 1.82) is 0 Å². The van der Waals surface area contributed by atoms with Crippen molar-refractivity contribution in [3.05, 3.63) is 47.3 Å². The standard InChI is InChI=1S/C23H30F3N4O2P/c1-5-27-21-19(15(2)28-16-8-10-18(11-9-16)32-23(24,25)26)13-20(29(21)3)22(33)30-12-6-7-17(30)14-31-4/h8-11,13,17,28,33H,5-7,12,14H2,1-4H3/b19-15+,27-21+. The molecule has 0 spiro atoms. The number of likely N-dealkylation sites (tertiary alicyclic amines) is 1. The Morgan fingerprint density at radius 2 is 1.97 bits per heavy atom. The number of benzene rings is 1. The molecule has 1 saturated heterocycles. The molecule has 1 aromatic carbocycles. The van der Waals surface area contributed by atoms with Gasteiger partial charge < -0.3 is 19.7 Å². The van der Waals surface area contributed by atoms with Crippen LogP contribution in [0.25, 0.3) is 0 Å². The van der Waals surface area contributed by atoms with Gasteiger partial charge in [-0.2, -0.15) is 0 Å². The molecule has 1 unspecified atom stereocenters. The Labute approximate surface area is 195 Å². The minimum atomic E-state index is -4.71. The van der Waals surface area contributed by atoms with E-state index in [-0.39, 0.29) is 5.75 Å². The molecule has 0 radical (unpaired) electrons. The van der Waals surface area contributed by atoms with Crippen molar-refractivity contribution in [2.75, 3.05) is 39.2 Å². The number of likely N-dealkylation sites (N-methyl/N-ethyl adjacent to an activating group) is 1. The van der Waals surface area contributed by atoms with Crippen molar-refractivity contribution in [2.45, 2.75) is 39.1 Å². The third-order valence-electron chi connectivity index (χ3n) is 5.60. The number of nitrogens with one attached hydrogen (secondary N) is 1. The molecule has 3 rings (SSSR count). The predicted octanol–water partition coefficient (Wildman–Crippen LogP) is 4.90. The number of halogens is 3. The van der Waals surface area contributed by atoms with Crippen LogP contribution in [0.1, 0.15) is 26.7 Å². The number of amidine groups is 1. The molecule has 6 nitrogen and oxygen atoms in total. The molecule has 0 amide bonds. The lowest BCUT2D eigenvalue weighted by molar-refractivity contribution is -0.274. The Morgan fingerprint density at radius 3 is 2.58 bits per heavy atom. The van der Waals surface area contributed by atoms with Gasteiger partial charge in [-0.05, 0) is 57.0 Å². The van der Waals surface area contributed by atoms with E-state index in [0.717, 1.165) is 47.6 Å². The van der Waals surface area contributed by atoms with E-state index < -0.39 is 6.36 Å². The van der Waals surface area contributed by atoms with Gasteiger partial charge in [0.2, 0.25) is 0 Å². The lowest BCUT2D eigenvalue weighted by Gasteiger charge is -2.29. The van der Waals surface area contributed by atoms with Gasteiger partial charge in [0.1, 0.15) is 11.6 Å². The number of ether oxygens (including phenoxy) is 2. The Hall–Kier alpha value is -2.35. The van der Waals surface area contributed by atoms with Crippen molar-refractivity contribution in [2.24, 2.45) is 4.99 Å². The van der Waals surface area contributed by atoms with E-state index in [1.807, 2.05) is 20.9 Å². The van der Waals surface area contributed by atoms with Gasteiger partial charge in [-0.1, -0.05) is 8.86 Å². The molecule has 1 atom stereocenters. The van der Waals surface area contributed by atoms with E-state index in [4.69, 9.17) is 4.74 Å². The maximum absolute atomic E-state index is 12.4. The van der Waals surface area contributed by atoms with E-state index in [0.29, 0.717) is 24.9 Å². The van der Waals surface area contributed by atoms with Gasteiger partial charge in [0, 0.05) is 50.2 Å². The first-order valence-electron chi connectivity index (χ1n) is 10.8. The van der Waals surface area contributed by atoms with E-state index in [1.165, 1.54) is 12.1 Å². The number of aliphatic imine (C=N–C) groups is 1. The summed E-state index contributed by atoms with van der Waals surface area (Å²) in [4.78, 5) is 9.05. The van der Waals surface area contributed by atoms with Crippen molar-refractivity contribution in [3.8, 4) is 5.75 Å². The van der Waals surface area contributed by atoms with E-state index >= 15 is 0 Å². The van der Waals surface area contributed by atoms with Crippen molar-refractivity contribution in [3.63, 3.8) is 0 Å². The average Bonchev–Trinajstić information content (AvgIpc) is 3.34. The Bertz CT molecular complexity index is 957. The molecule has 1 aromatic rings. The largest absolute Gasteiger partial charge is 0.573 e. The van der Waals surface area contributed by atoms with Crippen LogP contribution in [0.5, 0.6) is 5.75 Å². The quantitative estimate of drug-likeness (QED) is 0.534. The number of alkyl halides is 3. The number of nitrogens with zero attached hydrogens (tertiary/aromatic N) is 3. The maximum Gasteiger partial charge on any atom is 0.573 e. The van der Waals surface area contributed by atoms with Crippen LogP contribution in [-0.4, -0.2) is 67.3 Å². The van der Waals surface area contributed by atoms with Crippen LogP contribution in [0.2, 0.25) is 0 Å². The van der Waals surface area contributed by atoms with Gasteiger partial charge in [0.05, 0.1) is 17.7 Å². The first kappa shape index (κ1) is 25.3. The summed E-state index contributed by atoms with van der Waals surface area (Å²) >= 11 is 0. The smallest absolute Gasteiger partial charge is 0.406 e. The summed E-state index contributed by atoms with van der Waals surface area (Å²) < 4.78 is 46.5. The summed E-state index contributed by atoms with van der Waals surface area (Å²) in [5.41, 5.74) is 4.38. The minimum Gasteiger partial charge on any atom is -0.406 e. The van der Waals surface area contributed by atoms with Crippen LogP contribution in [0.4, 0.5) is 18.9 Å². The van der Waals surface area contributed by atoms with Crippen molar-refractivity contribution >= 4 is 25.8 Å². The number of allylic oxidation sites excluding steroid dienone is 1. The van der Waals surface area contributed by atoms with Crippen molar-refractivity contribution in [1.82, 2.24) is 9.80 Å².